The van der Waals surface area contributed by atoms with Crippen molar-refractivity contribution in [2.45, 2.75) is 115 Å². The van der Waals surface area contributed by atoms with Crippen LogP contribution in [-0.2, 0) is 42.9 Å². The van der Waals surface area contributed by atoms with Crippen LogP contribution in [0.1, 0.15) is 61.3 Å². The van der Waals surface area contributed by atoms with E-state index in [1.54, 1.807) is 13.8 Å². The molecule has 12 nitrogen and oxygen atoms in total. The van der Waals surface area contributed by atoms with Gasteiger partial charge >= 0.3 is 23.9 Å². The Morgan fingerprint density at radius 3 is 2.23 bits per heavy atom. The third kappa shape index (κ3) is 4.36. The van der Waals surface area contributed by atoms with Crippen molar-refractivity contribution in [2.24, 2.45) is 11.3 Å². The summed E-state index contributed by atoms with van der Waals surface area (Å²) in [6, 6.07) is 0. The fourth-order valence-corrected chi connectivity index (χ4v) is 6.75. The van der Waals surface area contributed by atoms with E-state index in [0.29, 0.717) is 6.42 Å². The van der Waals surface area contributed by atoms with E-state index < -0.39 is 88.6 Å². The van der Waals surface area contributed by atoms with E-state index in [9.17, 15) is 34.5 Å². The number of esters is 4. The number of aliphatic hydroxyl groups is 3. The van der Waals surface area contributed by atoms with Crippen LogP contribution in [0.4, 0.5) is 0 Å². The second-order valence-electron chi connectivity index (χ2n) is 11.7. The smallest absolute Gasteiger partial charge is 0.342 e. The molecule has 2 saturated heterocycles. The largest absolute Gasteiger partial charge is 0.459 e. The van der Waals surface area contributed by atoms with Crippen LogP contribution in [0.15, 0.2) is 23.8 Å². The summed E-state index contributed by atoms with van der Waals surface area (Å²) in [5, 5.41) is 35.3. The Morgan fingerprint density at radius 2 is 1.68 bits per heavy atom. The summed E-state index contributed by atoms with van der Waals surface area (Å²) in [7, 11) is 0. The maximum absolute atomic E-state index is 13.1. The minimum absolute atomic E-state index is 0.0588. The minimum Gasteiger partial charge on any atom is -0.459 e. The van der Waals surface area contributed by atoms with E-state index in [1.165, 1.54) is 39.0 Å². The fourth-order valence-electron chi connectivity index (χ4n) is 6.75. The minimum atomic E-state index is -2.04. The van der Waals surface area contributed by atoms with Gasteiger partial charge in [0.15, 0.2) is 23.4 Å². The number of epoxide rings is 1. The first kappa shape index (κ1) is 30.2. The van der Waals surface area contributed by atoms with E-state index in [2.05, 4.69) is 0 Å². The van der Waals surface area contributed by atoms with Crippen molar-refractivity contribution in [2.75, 3.05) is 0 Å². The SMILES string of the molecule is CCCC(=O)O[C@H]1/C(C)=C\[C@@H]2OC(=O)[C@]3(C)O[C@]23[C@@H](OC(C)=O)[C@H]2[C@@](C)(O)[C@H](OC(C)=O)C=C[C@]2(C)[C@@H](O)[C@@H]1O. The van der Waals surface area contributed by atoms with Crippen molar-refractivity contribution in [3.05, 3.63) is 23.8 Å². The maximum Gasteiger partial charge on any atom is 0.342 e. The third-order valence-electron chi connectivity index (χ3n) is 8.79. The predicted molar refractivity (Wildman–Crippen MR) is 135 cm³/mol. The molecule has 4 rings (SSSR count). The number of carbonyl (C=O) groups excluding carboxylic acids is 4. The summed E-state index contributed by atoms with van der Waals surface area (Å²) in [5.41, 5.74) is -6.66. The molecule has 0 saturated carbocycles. The molecule has 0 amide bonds. The van der Waals surface area contributed by atoms with Gasteiger partial charge in [0.25, 0.3) is 0 Å². The average Bonchev–Trinajstić information content (AvgIpc) is 3.43. The molecule has 0 unspecified atom stereocenters. The van der Waals surface area contributed by atoms with Crippen molar-refractivity contribution in [3.8, 4) is 0 Å². The second kappa shape index (κ2) is 9.93. The molecule has 3 N–H and O–H groups in total. The molecule has 12 heteroatoms. The lowest BCUT2D eigenvalue weighted by Gasteiger charge is -2.55. The maximum atomic E-state index is 13.1. The Balaban J connectivity index is 1.99. The number of rotatable bonds is 5. The molecule has 40 heavy (non-hydrogen) atoms. The standard InChI is InChI=1S/C28H38O12/c1-8-9-18(31)39-20-13(2)12-17-28(27(7,40-28)24(34)38-17)23(37-15(4)30)21-25(5,22(33)19(20)32)11-10-16(26(21,6)35)36-14(3)29/h10-12,16-17,19-23,32-33,35H,8-9H2,1-7H3/b13-12-/t16-,17+,19-,20+,21-,22+,23+,25+,26+,27+,28+/m1/s1. The number of hydrogen-bond donors (Lipinski definition) is 3. The van der Waals surface area contributed by atoms with E-state index in [4.69, 9.17) is 23.7 Å². The van der Waals surface area contributed by atoms with Gasteiger partial charge in [-0.05, 0) is 44.9 Å². The van der Waals surface area contributed by atoms with Gasteiger partial charge in [0.2, 0.25) is 0 Å². The van der Waals surface area contributed by atoms with Gasteiger partial charge < -0.3 is 39.0 Å². The average molecular weight is 567 g/mol. The molecule has 0 bridgehead atoms. The molecule has 0 aromatic carbocycles. The van der Waals surface area contributed by atoms with Gasteiger partial charge in [-0.25, -0.2) is 4.79 Å². The first-order chi connectivity index (χ1) is 18.5. The van der Waals surface area contributed by atoms with Crippen molar-refractivity contribution in [3.63, 3.8) is 0 Å². The van der Waals surface area contributed by atoms with E-state index in [-0.39, 0.29) is 12.0 Å². The van der Waals surface area contributed by atoms with Crippen LogP contribution >= 0.6 is 0 Å². The molecule has 222 valence electrons. The lowest BCUT2D eigenvalue weighted by atomic mass is 9.55. The van der Waals surface area contributed by atoms with Gasteiger partial charge in [-0.2, -0.15) is 0 Å². The number of aliphatic hydroxyl groups excluding tert-OH is 2. The van der Waals surface area contributed by atoms with Gasteiger partial charge in [-0.3, -0.25) is 14.4 Å². The third-order valence-corrected chi connectivity index (χ3v) is 8.79. The fraction of sp³-hybridized carbons (Fsp3) is 0.714. The molecular formula is C28H38O12. The van der Waals surface area contributed by atoms with Crippen molar-refractivity contribution in [1.29, 1.82) is 0 Å². The summed E-state index contributed by atoms with van der Waals surface area (Å²) < 4.78 is 28.6. The summed E-state index contributed by atoms with van der Waals surface area (Å²) in [6.45, 7) is 9.97. The van der Waals surface area contributed by atoms with Gasteiger partial charge in [0.05, 0.1) is 6.10 Å². The Hall–Kier alpha value is -2.80. The molecule has 2 aliphatic heterocycles. The zero-order valence-corrected chi connectivity index (χ0v) is 23.7. The zero-order valence-electron chi connectivity index (χ0n) is 23.7. The quantitative estimate of drug-likeness (QED) is 0.183. The van der Waals surface area contributed by atoms with Gasteiger partial charge in [-0.1, -0.05) is 19.9 Å². The lowest BCUT2D eigenvalue weighted by Crippen LogP contribution is -2.68. The summed E-state index contributed by atoms with van der Waals surface area (Å²) in [6.07, 6.45) is -3.90. The van der Waals surface area contributed by atoms with Crippen molar-refractivity contribution in [1.82, 2.24) is 0 Å². The number of ether oxygens (including phenoxy) is 5. The molecule has 2 aliphatic carbocycles. The first-order valence-electron chi connectivity index (χ1n) is 13.4. The van der Waals surface area contributed by atoms with Gasteiger partial charge in [-0.15, -0.1) is 0 Å². The normalized spacial score (nSPS) is 46.9. The highest BCUT2D eigenvalue weighted by atomic mass is 16.7. The van der Waals surface area contributed by atoms with Gasteiger partial charge in [0.1, 0.15) is 23.9 Å². The number of carbonyl (C=O) groups is 4. The highest BCUT2D eigenvalue weighted by molar-refractivity contribution is 5.89. The van der Waals surface area contributed by atoms with Crippen LogP contribution in [0.2, 0.25) is 0 Å². The second-order valence-corrected chi connectivity index (χ2v) is 11.7. The monoisotopic (exact) mass is 566 g/mol. The molecule has 0 radical (unpaired) electrons. The van der Waals surface area contributed by atoms with Crippen LogP contribution in [0.3, 0.4) is 0 Å². The molecule has 0 aromatic rings. The molecule has 0 aromatic heterocycles. The molecule has 2 heterocycles. The van der Waals surface area contributed by atoms with Crippen LogP contribution in [-0.4, -0.2) is 92.6 Å². The van der Waals surface area contributed by atoms with Gasteiger partial charge in [0, 0.05) is 31.6 Å². The van der Waals surface area contributed by atoms with Crippen LogP contribution in [0, 0.1) is 11.3 Å². The van der Waals surface area contributed by atoms with Crippen LogP contribution in [0.5, 0.6) is 0 Å². The molecule has 2 fully saturated rings. The van der Waals surface area contributed by atoms with Crippen LogP contribution in [0.25, 0.3) is 0 Å². The Kier molecular flexibility index (Phi) is 7.49. The molecule has 1 spiro atoms. The zero-order chi connectivity index (χ0) is 30.0. The predicted octanol–water partition coefficient (Wildman–Crippen LogP) is 0.640. The summed E-state index contributed by atoms with van der Waals surface area (Å²) >= 11 is 0. The highest BCUT2D eigenvalue weighted by Gasteiger charge is 2.87. The van der Waals surface area contributed by atoms with E-state index in [1.807, 2.05) is 0 Å². The lowest BCUT2D eigenvalue weighted by molar-refractivity contribution is -0.225. The Morgan fingerprint density at radius 1 is 1.05 bits per heavy atom. The van der Waals surface area contributed by atoms with E-state index >= 15 is 0 Å². The number of hydrogen-bond acceptors (Lipinski definition) is 12. The highest BCUT2D eigenvalue weighted by Crippen LogP contribution is 2.65. The summed E-state index contributed by atoms with van der Waals surface area (Å²) in [5.74, 6) is -4.18. The van der Waals surface area contributed by atoms with Crippen LogP contribution < -0.4 is 0 Å². The number of fused-ring (bicyclic) bond motifs is 1. The Bertz CT molecular complexity index is 1160. The Labute approximate surface area is 232 Å². The topological polar surface area (TPSA) is 178 Å². The van der Waals surface area contributed by atoms with E-state index in [0.717, 1.165) is 13.8 Å². The van der Waals surface area contributed by atoms with Crippen molar-refractivity contribution >= 4 is 23.9 Å². The molecule has 4 aliphatic rings. The first-order valence-corrected chi connectivity index (χ1v) is 13.4. The van der Waals surface area contributed by atoms with Crippen molar-refractivity contribution < 1.29 is 58.2 Å². The molecular weight excluding hydrogens is 528 g/mol. The summed E-state index contributed by atoms with van der Waals surface area (Å²) in [4.78, 5) is 50.1. The molecule has 11 atom stereocenters.